The third-order valence-corrected chi connectivity index (χ3v) is 4.86. The molecule has 4 rings (SSSR count). The number of benzene rings is 4. The largest absolute Gasteiger partial charge is 0.489 e. The molecular weight excluding hydrogens is 390 g/mol. The molecule has 4 aromatic rings. The van der Waals surface area contributed by atoms with Crippen LogP contribution in [-0.4, -0.2) is 0 Å². The van der Waals surface area contributed by atoms with E-state index in [0.29, 0.717) is 34.1 Å². The molecule has 0 unspecified atom stereocenters. The molecule has 1 nitrogen and oxygen atoms in total. The minimum absolute atomic E-state index is 0.304. The van der Waals surface area contributed by atoms with Gasteiger partial charge in [-0.25, -0.2) is 8.78 Å². The van der Waals surface area contributed by atoms with Gasteiger partial charge in [0.05, 0.1) is 0 Å². The minimum Gasteiger partial charge on any atom is -0.489 e. The Labute approximate surface area is 173 Å². The van der Waals surface area contributed by atoms with Gasteiger partial charge in [0.15, 0.2) is 0 Å². The van der Waals surface area contributed by atoms with Crippen LogP contribution in [0.2, 0.25) is 5.02 Å². The first-order chi connectivity index (χ1) is 14.1. The van der Waals surface area contributed by atoms with Crippen LogP contribution in [-0.2, 0) is 6.61 Å². The van der Waals surface area contributed by atoms with Crippen molar-refractivity contribution in [1.29, 1.82) is 0 Å². The van der Waals surface area contributed by atoms with Gasteiger partial charge in [-0.1, -0.05) is 66.2 Å². The van der Waals surface area contributed by atoms with Crippen LogP contribution in [0.1, 0.15) is 5.56 Å². The monoisotopic (exact) mass is 406 g/mol. The van der Waals surface area contributed by atoms with Gasteiger partial charge in [0.2, 0.25) is 0 Å². The highest BCUT2D eigenvalue weighted by Crippen LogP contribution is 2.31. The number of ether oxygens (including phenoxy) is 1. The van der Waals surface area contributed by atoms with Crippen molar-refractivity contribution < 1.29 is 13.5 Å². The molecule has 144 valence electrons. The van der Waals surface area contributed by atoms with Crippen molar-refractivity contribution in [3.8, 4) is 28.0 Å². The second-order valence-electron chi connectivity index (χ2n) is 6.62. The van der Waals surface area contributed by atoms with Gasteiger partial charge in [-0.2, -0.15) is 0 Å². The fourth-order valence-corrected chi connectivity index (χ4v) is 3.27. The van der Waals surface area contributed by atoms with Crippen molar-refractivity contribution in [2.24, 2.45) is 0 Å². The number of hydrogen-bond donors (Lipinski definition) is 0. The summed E-state index contributed by atoms with van der Waals surface area (Å²) in [6, 6.07) is 26.1. The van der Waals surface area contributed by atoms with Gasteiger partial charge in [-0.05, 0) is 53.1 Å². The van der Waals surface area contributed by atoms with Crippen LogP contribution in [0.15, 0.2) is 91.0 Å². The van der Waals surface area contributed by atoms with Crippen molar-refractivity contribution >= 4 is 11.6 Å². The maximum atomic E-state index is 14.7. The van der Waals surface area contributed by atoms with Crippen molar-refractivity contribution in [2.45, 2.75) is 6.61 Å². The SMILES string of the molecule is Fc1cc(Cl)ccc1-c1ccc(-c2ccc(OCc3ccccc3)cc2)c(F)c1. The molecule has 4 heteroatoms. The summed E-state index contributed by atoms with van der Waals surface area (Å²) in [5.74, 6) is -0.197. The smallest absolute Gasteiger partial charge is 0.132 e. The van der Waals surface area contributed by atoms with Crippen LogP contribution in [0.25, 0.3) is 22.3 Å². The van der Waals surface area contributed by atoms with Crippen molar-refractivity contribution in [2.75, 3.05) is 0 Å². The molecule has 4 aromatic carbocycles. The molecule has 0 saturated carbocycles. The van der Waals surface area contributed by atoms with Gasteiger partial charge in [0.1, 0.15) is 24.0 Å². The van der Waals surface area contributed by atoms with Crippen molar-refractivity contribution in [1.82, 2.24) is 0 Å². The molecule has 0 aliphatic carbocycles. The predicted octanol–water partition coefficient (Wildman–Crippen LogP) is 7.53. The fraction of sp³-hybridized carbons (Fsp3) is 0.0400. The normalized spacial score (nSPS) is 10.7. The molecule has 0 heterocycles. The topological polar surface area (TPSA) is 9.23 Å². The maximum absolute atomic E-state index is 14.7. The average molecular weight is 407 g/mol. The van der Waals surface area contributed by atoms with E-state index in [1.54, 1.807) is 36.4 Å². The van der Waals surface area contributed by atoms with Gasteiger partial charge < -0.3 is 4.74 Å². The Hall–Kier alpha value is -3.17. The lowest BCUT2D eigenvalue weighted by molar-refractivity contribution is 0.306. The van der Waals surface area contributed by atoms with E-state index in [-0.39, 0.29) is 0 Å². The third kappa shape index (κ3) is 4.47. The van der Waals surface area contributed by atoms with Crippen LogP contribution < -0.4 is 4.74 Å². The molecular formula is C25H17ClF2O. The summed E-state index contributed by atoms with van der Waals surface area (Å²) in [4.78, 5) is 0. The summed E-state index contributed by atoms with van der Waals surface area (Å²) < 4.78 is 34.6. The van der Waals surface area contributed by atoms with E-state index in [4.69, 9.17) is 16.3 Å². The first-order valence-electron chi connectivity index (χ1n) is 9.12. The predicted molar refractivity (Wildman–Crippen MR) is 113 cm³/mol. The second kappa shape index (κ2) is 8.46. The zero-order chi connectivity index (χ0) is 20.2. The van der Waals surface area contributed by atoms with E-state index < -0.39 is 11.6 Å². The van der Waals surface area contributed by atoms with Crippen molar-refractivity contribution in [3.63, 3.8) is 0 Å². The maximum Gasteiger partial charge on any atom is 0.132 e. The lowest BCUT2D eigenvalue weighted by atomic mass is 9.99. The van der Waals surface area contributed by atoms with E-state index in [0.717, 1.165) is 11.1 Å². The lowest BCUT2D eigenvalue weighted by Gasteiger charge is -2.10. The summed E-state index contributed by atoms with van der Waals surface area (Å²) in [5, 5.41) is 0.304. The quantitative estimate of drug-likeness (QED) is 0.333. The van der Waals surface area contributed by atoms with Crippen LogP contribution >= 0.6 is 11.6 Å². The Kier molecular flexibility index (Phi) is 5.59. The van der Waals surface area contributed by atoms with Crippen molar-refractivity contribution in [3.05, 3.63) is 113 Å². The average Bonchev–Trinajstić information content (AvgIpc) is 2.73. The summed E-state index contributed by atoms with van der Waals surface area (Å²) in [5.41, 5.74) is 3.01. The fourth-order valence-electron chi connectivity index (χ4n) is 3.11. The molecule has 29 heavy (non-hydrogen) atoms. The van der Waals surface area contributed by atoms with E-state index in [1.165, 1.54) is 12.1 Å². The Morgan fingerprint density at radius 1 is 0.655 bits per heavy atom. The van der Waals surface area contributed by atoms with Crippen LogP contribution in [0.3, 0.4) is 0 Å². The molecule has 0 N–H and O–H groups in total. The van der Waals surface area contributed by atoms with Gasteiger partial charge in [0.25, 0.3) is 0 Å². The zero-order valence-corrected chi connectivity index (χ0v) is 16.2. The number of halogens is 3. The summed E-state index contributed by atoms with van der Waals surface area (Å²) in [6.07, 6.45) is 0. The standard InChI is InChI=1S/C25H17ClF2O/c26-20-9-13-23(25(28)15-20)19-8-12-22(24(27)14-19)18-6-10-21(11-7-18)29-16-17-4-2-1-3-5-17/h1-15H,16H2. The minimum atomic E-state index is -0.482. The molecule has 0 radical (unpaired) electrons. The summed E-state index contributed by atoms with van der Waals surface area (Å²) >= 11 is 5.79. The first-order valence-corrected chi connectivity index (χ1v) is 9.50. The van der Waals surface area contributed by atoms with E-state index in [9.17, 15) is 8.78 Å². The molecule has 0 amide bonds. The number of rotatable bonds is 5. The van der Waals surface area contributed by atoms with Gasteiger partial charge in [-0.15, -0.1) is 0 Å². The van der Waals surface area contributed by atoms with Crippen LogP contribution in [0.5, 0.6) is 5.75 Å². The van der Waals surface area contributed by atoms with Crippen LogP contribution in [0.4, 0.5) is 8.78 Å². The highest BCUT2D eigenvalue weighted by molar-refractivity contribution is 6.30. The molecule has 0 aliphatic rings. The molecule has 0 spiro atoms. The molecule has 0 aromatic heterocycles. The Morgan fingerprint density at radius 2 is 1.28 bits per heavy atom. The lowest BCUT2D eigenvalue weighted by Crippen LogP contribution is -1.95. The molecule has 0 fully saturated rings. The first kappa shape index (κ1) is 19.2. The third-order valence-electron chi connectivity index (χ3n) is 4.62. The summed E-state index contributed by atoms with van der Waals surface area (Å²) in [7, 11) is 0. The summed E-state index contributed by atoms with van der Waals surface area (Å²) in [6.45, 7) is 0.468. The van der Waals surface area contributed by atoms with Gasteiger partial charge >= 0.3 is 0 Å². The Bertz CT molecular complexity index is 1130. The Morgan fingerprint density at radius 3 is 1.97 bits per heavy atom. The zero-order valence-electron chi connectivity index (χ0n) is 15.4. The van der Waals surface area contributed by atoms with Gasteiger partial charge in [0, 0.05) is 16.1 Å². The molecule has 0 atom stereocenters. The Balaban J connectivity index is 1.52. The van der Waals surface area contributed by atoms with E-state index in [2.05, 4.69) is 0 Å². The molecule has 0 bridgehead atoms. The molecule has 0 aliphatic heterocycles. The van der Waals surface area contributed by atoms with Crippen LogP contribution in [0, 0.1) is 11.6 Å². The van der Waals surface area contributed by atoms with E-state index in [1.807, 2.05) is 42.5 Å². The highest BCUT2D eigenvalue weighted by atomic mass is 35.5. The number of hydrogen-bond acceptors (Lipinski definition) is 1. The second-order valence-corrected chi connectivity index (χ2v) is 7.05. The highest BCUT2D eigenvalue weighted by Gasteiger charge is 2.11. The van der Waals surface area contributed by atoms with E-state index >= 15 is 0 Å². The molecule has 0 saturated heterocycles. The van der Waals surface area contributed by atoms with Gasteiger partial charge in [-0.3, -0.25) is 0 Å².